The number of thiophene rings is 1. The smallest absolute Gasteiger partial charge is 0.263 e. The van der Waals surface area contributed by atoms with Crippen LogP contribution in [0.3, 0.4) is 0 Å². The van der Waals surface area contributed by atoms with Crippen LogP contribution >= 0.6 is 11.3 Å². The van der Waals surface area contributed by atoms with Crippen LogP contribution in [0.5, 0.6) is 0 Å². The molecule has 126 valence electrons. The molecule has 2 aliphatic rings. The zero-order chi connectivity index (χ0) is 16.2. The lowest BCUT2D eigenvalue weighted by molar-refractivity contribution is -0.138. The summed E-state index contributed by atoms with van der Waals surface area (Å²) in [5, 5.41) is 1.93. The van der Waals surface area contributed by atoms with Crippen LogP contribution in [-0.4, -0.2) is 47.8 Å². The van der Waals surface area contributed by atoms with Gasteiger partial charge in [-0.25, -0.2) is 0 Å². The molecule has 5 heteroatoms. The average molecular weight is 334 g/mol. The Labute approximate surface area is 142 Å². The minimum Gasteiger partial charge on any atom is -0.343 e. The maximum absolute atomic E-state index is 12.7. The molecular formula is C18H26N2O2S. The fourth-order valence-electron chi connectivity index (χ4n) is 3.82. The SMILES string of the molecule is CN(C(=O)C1CCN(C(=O)c2cccs2)CC1)C1CCCCC1. The average Bonchev–Trinajstić information content (AvgIpc) is 3.15. The molecule has 1 aromatic heterocycles. The van der Waals surface area contributed by atoms with Crippen LogP contribution in [0, 0.1) is 5.92 Å². The molecule has 1 aromatic rings. The Balaban J connectivity index is 1.52. The van der Waals surface area contributed by atoms with E-state index in [1.54, 1.807) is 0 Å². The van der Waals surface area contributed by atoms with Crippen molar-refractivity contribution in [2.24, 2.45) is 5.92 Å². The summed E-state index contributed by atoms with van der Waals surface area (Å²) < 4.78 is 0. The van der Waals surface area contributed by atoms with Gasteiger partial charge in [-0.3, -0.25) is 9.59 Å². The van der Waals surface area contributed by atoms with Gasteiger partial charge in [0.15, 0.2) is 0 Å². The fraction of sp³-hybridized carbons (Fsp3) is 0.667. The van der Waals surface area contributed by atoms with Gasteiger partial charge < -0.3 is 9.80 Å². The van der Waals surface area contributed by atoms with Crippen LogP contribution < -0.4 is 0 Å². The molecule has 1 saturated heterocycles. The van der Waals surface area contributed by atoms with Crippen molar-refractivity contribution in [3.05, 3.63) is 22.4 Å². The summed E-state index contributed by atoms with van der Waals surface area (Å²) in [4.78, 5) is 29.8. The Morgan fingerprint density at radius 3 is 2.43 bits per heavy atom. The molecule has 4 nitrogen and oxygen atoms in total. The van der Waals surface area contributed by atoms with Gasteiger partial charge in [-0.15, -0.1) is 11.3 Å². The lowest BCUT2D eigenvalue weighted by atomic mass is 9.91. The van der Waals surface area contributed by atoms with Gasteiger partial charge in [0.25, 0.3) is 5.91 Å². The van der Waals surface area contributed by atoms with Gasteiger partial charge in [-0.2, -0.15) is 0 Å². The van der Waals surface area contributed by atoms with Gasteiger partial charge in [0.2, 0.25) is 5.91 Å². The summed E-state index contributed by atoms with van der Waals surface area (Å²) in [5.41, 5.74) is 0. The van der Waals surface area contributed by atoms with Crippen molar-refractivity contribution in [1.29, 1.82) is 0 Å². The molecule has 23 heavy (non-hydrogen) atoms. The third kappa shape index (κ3) is 3.77. The largest absolute Gasteiger partial charge is 0.343 e. The fourth-order valence-corrected chi connectivity index (χ4v) is 4.51. The Bertz CT molecular complexity index is 529. The maximum Gasteiger partial charge on any atom is 0.263 e. The van der Waals surface area contributed by atoms with Gasteiger partial charge >= 0.3 is 0 Å². The van der Waals surface area contributed by atoms with Crippen LogP contribution in [0.4, 0.5) is 0 Å². The van der Waals surface area contributed by atoms with E-state index in [0.717, 1.165) is 30.6 Å². The summed E-state index contributed by atoms with van der Waals surface area (Å²) in [5.74, 6) is 0.501. The Morgan fingerprint density at radius 2 is 1.83 bits per heavy atom. The summed E-state index contributed by atoms with van der Waals surface area (Å²) in [7, 11) is 1.97. The first-order valence-electron chi connectivity index (χ1n) is 8.76. The summed E-state index contributed by atoms with van der Waals surface area (Å²) >= 11 is 1.49. The van der Waals surface area contributed by atoms with Crippen LogP contribution in [-0.2, 0) is 4.79 Å². The first kappa shape index (κ1) is 16.5. The van der Waals surface area contributed by atoms with Crippen LogP contribution in [0.1, 0.15) is 54.6 Å². The van der Waals surface area contributed by atoms with Crippen molar-refractivity contribution in [1.82, 2.24) is 9.80 Å². The lowest BCUT2D eigenvalue weighted by Crippen LogP contribution is -2.46. The molecule has 2 heterocycles. The molecule has 0 unspecified atom stereocenters. The molecule has 3 rings (SSSR count). The van der Waals surface area contributed by atoms with Gasteiger partial charge in [0, 0.05) is 32.1 Å². The van der Waals surface area contributed by atoms with Crippen molar-refractivity contribution >= 4 is 23.2 Å². The van der Waals surface area contributed by atoms with Gasteiger partial charge in [0.05, 0.1) is 4.88 Å². The zero-order valence-corrected chi connectivity index (χ0v) is 14.7. The minimum absolute atomic E-state index is 0.0920. The predicted octanol–water partition coefficient (Wildman–Crippen LogP) is 3.39. The van der Waals surface area contributed by atoms with Crippen LogP contribution in [0.2, 0.25) is 0 Å². The second-order valence-corrected chi connectivity index (χ2v) is 7.73. The molecule has 2 fully saturated rings. The molecule has 0 N–H and O–H groups in total. The first-order valence-corrected chi connectivity index (χ1v) is 9.64. The van der Waals surface area contributed by atoms with E-state index in [1.807, 2.05) is 34.4 Å². The number of amides is 2. The van der Waals surface area contributed by atoms with Gasteiger partial charge in [-0.05, 0) is 37.1 Å². The quantitative estimate of drug-likeness (QED) is 0.850. The molecule has 0 bridgehead atoms. The molecule has 0 radical (unpaired) electrons. The van der Waals surface area contributed by atoms with Crippen LogP contribution in [0.25, 0.3) is 0 Å². The van der Waals surface area contributed by atoms with E-state index in [9.17, 15) is 9.59 Å². The minimum atomic E-state index is 0.0920. The summed E-state index contributed by atoms with van der Waals surface area (Å²) in [6.45, 7) is 1.40. The number of carbonyl (C=O) groups is 2. The van der Waals surface area contributed by atoms with E-state index in [4.69, 9.17) is 0 Å². The van der Waals surface area contributed by atoms with Crippen molar-refractivity contribution in [3.8, 4) is 0 Å². The number of carbonyl (C=O) groups excluding carboxylic acids is 2. The van der Waals surface area contributed by atoms with Gasteiger partial charge in [-0.1, -0.05) is 25.3 Å². The normalized spacial score (nSPS) is 20.5. The third-order valence-electron chi connectivity index (χ3n) is 5.33. The van der Waals surface area contributed by atoms with E-state index < -0.39 is 0 Å². The van der Waals surface area contributed by atoms with E-state index in [-0.39, 0.29) is 11.8 Å². The van der Waals surface area contributed by atoms with E-state index in [2.05, 4.69) is 0 Å². The topological polar surface area (TPSA) is 40.6 Å². The van der Waals surface area contributed by atoms with E-state index in [1.165, 1.54) is 30.6 Å². The first-order chi connectivity index (χ1) is 11.2. The Kier molecular flexibility index (Phi) is 5.36. The molecular weight excluding hydrogens is 308 g/mol. The highest BCUT2D eigenvalue weighted by Crippen LogP contribution is 2.26. The molecule has 1 saturated carbocycles. The van der Waals surface area contributed by atoms with Crippen LogP contribution in [0.15, 0.2) is 17.5 Å². The summed E-state index contributed by atoms with van der Waals surface area (Å²) in [6, 6.07) is 4.22. The zero-order valence-electron chi connectivity index (χ0n) is 13.9. The highest BCUT2D eigenvalue weighted by Gasteiger charge is 2.32. The number of nitrogens with zero attached hydrogens (tertiary/aromatic N) is 2. The maximum atomic E-state index is 12.7. The van der Waals surface area contributed by atoms with E-state index in [0.29, 0.717) is 25.0 Å². The molecule has 1 aliphatic heterocycles. The van der Waals surface area contributed by atoms with Crippen molar-refractivity contribution < 1.29 is 9.59 Å². The number of rotatable bonds is 3. The van der Waals surface area contributed by atoms with Crippen molar-refractivity contribution in [3.63, 3.8) is 0 Å². The van der Waals surface area contributed by atoms with Gasteiger partial charge in [0.1, 0.15) is 0 Å². The number of likely N-dealkylation sites (tertiary alicyclic amines) is 1. The van der Waals surface area contributed by atoms with E-state index >= 15 is 0 Å². The van der Waals surface area contributed by atoms with Crippen molar-refractivity contribution in [2.45, 2.75) is 51.0 Å². The molecule has 1 aliphatic carbocycles. The molecule has 0 spiro atoms. The predicted molar refractivity (Wildman–Crippen MR) is 92.6 cm³/mol. The summed E-state index contributed by atoms with van der Waals surface area (Å²) in [6.07, 6.45) is 7.70. The third-order valence-corrected chi connectivity index (χ3v) is 6.19. The Morgan fingerprint density at radius 1 is 1.13 bits per heavy atom. The second kappa shape index (κ2) is 7.47. The molecule has 0 atom stereocenters. The monoisotopic (exact) mass is 334 g/mol. The molecule has 2 amide bonds. The standard InChI is InChI=1S/C18H26N2O2S/c1-19(15-6-3-2-4-7-15)17(21)14-9-11-20(12-10-14)18(22)16-8-5-13-23-16/h5,8,13-15H,2-4,6-7,9-12H2,1H3. The highest BCUT2D eigenvalue weighted by molar-refractivity contribution is 7.12. The number of piperidine rings is 1. The number of hydrogen-bond donors (Lipinski definition) is 0. The Hall–Kier alpha value is -1.36. The van der Waals surface area contributed by atoms with Crippen molar-refractivity contribution in [2.75, 3.05) is 20.1 Å². The lowest BCUT2D eigenvalue weighted by Gasteiger charge is -2.37. The second-order valence-electron chi connectivity index (χ2n) is 6.78. The highest BCUT2D eigenvalue weighted by atomic mass is 32.1. The molecule has 0 aromatic carbocycles. The number of hydrogen-bond acceptors (Lipinski definition) is 3.